The van der Waals surface area contributed by atoms with Crippen molar-refractivity contribution in [3.63, 3.8) is 0 Å². The highest BCUT2D eigenvalue weighted by Gasteiger charge is 2.28. The maximum atomic E-state index is 5.81. The maximum Gasteiger partial charge on any atom is 0.284 e. The largest absolute Gasteiger partial charge is 0.468 e. The zero-order valence-electron chi connectivity index (χ0n) is 27.9. The molecule has 2 aromatic heterocycles. The number of furan rings is 2. The highest BCUT2D eigenvalue weighted by Crippen LogP contribution is 2.27. The molecule has 0 aliphatic carbocycles. The molecule has 0 unspecified atom stereocenters. The van der Waals surface area contributed by atoms with Gasteiger partial charge < -0.3 is 23.0 Å². The van der Waals surface area contributed by atoms with Gasteiger partial charge in [0.1, 0.15) is 28.9 Å². The number of ether oxygens (including phenoxy) is 3. The zero-order valence-corrected chi connectivity index (χ0v) is 31.1. The predicted molar refractivity (Wildman–Crippen MR) is 208 cm³/mol. The van der Waals surface area contributed by atoms with E-state index in [1.54, 1.807) is 18.1 Å². The average Bonchev–Trinajstić information content (AvgIpc) is 3.92. The molecule has 11 heteroatoms. The van der Waals surface area contributed by atoms with Crippen molar-refractivity contribution in [3.8, 4) is 28.6 Å². The first-order valence-electron chi connectivity index (χ1n) is 15.4. The maximum absolute atomic E-state index is 5.81. The monoisotopic (exact) mass is 710 g/mol. The second kappa shape index (κ2) is 21.1. The normalized spacial score (nSPS) is 14.0. The first-order valence-corrected chi connectivity index (χ1v) is 17.0. The van der Waals surface area contributed by atoms with Crippen molar-refractivity contribution < 1.29 is 23.0 Å². The zero-order chi connectivity index (χ0) is 34.8. The summed E-state index contributed by atoms with van der Waals surface area (Å²) in [4.78, 5) is 4.98. The molecule has 0 saturated carbocycles. The van der Waals surface area contributed by atoms with E-state index in [1.807, 2.05) is 131 Å². The van der Waals surface area contributed by atoms with Crippen LogP contribution < -0.4 is 4.74 Å². The minimum absolute atomic E-state index is 0.392. The highest BCUT2D eigenvalue weighted by atomic mass is 32.1. The molecule has 0 atom stereocenters. The topological polar surface area (TPSA) is 60.5 Å². The quantitative estimate of drug-likeness (QED) is 0.142. The van der Waals surface area contributed by atoms with Crippen LogP contribution >= 0.6 is 48.9 Å². The predicted octanol–water partition coefficient (Wildman–Crippen LogP) is 10.2. The van der Waals surface area contributed by atoms with Crippen molar-refractivity contribution >= 4 is 75.3 Å². The molecule has 250 valence electrons. The van der Waals surface area contributed by atoms with Gasteiger partial charge in [-0.1, -0.05) is 113 Å². The summed E-state index contributed by atoms with van der Waals surface area (Å²) in [5, 5.41) is 0.908. The van der Waals surface area contributed by atoms with E-state index in [4.69, 9.17) is 71.9 Å². The molecule has 0 amide bonds. The third kappa shape index (κ3) is 11.4. The number of nitrogens with zero attached hydrogens (tertiary/aromatic N) is 2. The molecule has 2 aliphatic heterocycles. The van der Waals surface area contributed by atoms with Crippen LogP contribution in [-0.4, -0.2) is 56.9 Å². The fourth-order valence-corrected chi connectivity index (χ4v) is 5.27. The van der Waals surface area contributed by atoms with Crippen LogP contribution in [0, 0.1) is 0 Å². The first-order chi connectivity index (χ1) is 22.8. The van der Waals surface area contributed by atoms with Crippen LogP contribution in [0.3, 0.4) is 0 Å². The lowest BCUT2D eigenvalue weighted by molar-refractivity contribution is 0.309. The molecule has 4 heterocycles. The molecule has 2 aromatic carbocycles. The Kier molecular flexibility index (Phi) is 17.6. The molecular weight excluding hydrogens is 669 g/mol. The SMILES string of the molecule is CC.CC.CCN1C(=S)COC1=S.CCN1C(=S)O/C(=C\c2ccc(-c3ccccc3)o2)C1=S.COc1ccc(-c2ccccc2)o1. The minimum atomic E-state index is 0.392. The molecular formula is C36H42N2O5S4. The number of methoxy groups -OCH3 is 1. The van der Waals surface area contributed by atoms with Crippen LogP contribution in [0.2, 0.25) is 0 Å². The van der Waals surface area contributed by atoms with Crippen LogP contribution in [0.1, 0.15) is 47.3 Å². The second-order valence-electron chi connectivity index (χ2n) is 8.88. The Morgan fingerprint density at radius 1 is 0.681 bits per heavy atom. The molecule has 47 heavy (non-hydrogen) atoms. The average molecular weight is 711 g/mol. The van der Waals surface area contributed by atoms with Crippen LogP contribution in [-0.2, 0) is 9.47 Å². The summed E-state index contributed by atoms with van der Waals surface area (Å²) in [6.45, 7) is 14.0. The van der Waals surface area contributed by atoms with E-state index in [9.17, 15) is 0 Å². The number of likely N-dealkylation sites (N-methyl/N-ethyl adjacent to an activating group) is 2. The molecule has 0 N–H and O–H groups in total. The summed E-state index contributed by atoms with van der Waals surface area (Å²) in [5.41, 5.74) is 2.09. The van der Waals surface area contributed by atoms with Gasteiger partial charge in [0.25, 0.3) is 16.3 Å². The number of thiocarbonyl (C=S) groups is 4. The summed E-state index contributed by atoms with van der Waals surface area (Å²) < 4.78 is 26.7. The van der Waals surface area contributed by atoms with Gasteiger partial charge in [-0.05, 0) is 56.5 Å². The fourth-order valence-electron chi connectivity index (χ4n) is 3.96. The van der Waals surface area contributed by atoms with Gasteiger partial charge in [-0.3, -0.25) is 9.80 Å². The third-order valence-electron chi connectivity index (χ3n) is 6.15. The van der Waals surface area contributed by atoms with Crippen LogP contribution in [0.4, 0.5) is 0 Å². The lowest BCUT2D eigenvalue weighted by Crippen LogP contribution is -2.26. The Morgan fingerprint density at radius 2 is 1.21 bits per heavy atom. The fraction of sp³-hybridized carbons (Fsp3) is 0.278. The second-order valence-corrected chi connectivity index (χ2v) is 10.4. The van der Waals surface area contributed by atoms with Crippen molar-refractivity contribution in [1.29, 1.82) is 0 Å². The van der Waals surface area contributed by atoms with E-state index >= 15 is 0 Å². The molecule has 2 aliphatic rings. The van der Waals surface area contributed by atoms with Crippen molar-refractivity contribution in [1.82, 2.24) is 9.80 Å². The molecule has 2 fully saturated rings. The molecule has 6 rings (SSSR count). The minimum Gasteiger partial charge on any atom is -0.468 e. The Hall–Kier alpha value is -3.90. The van der Waals surface area contributed by atoms with E-state index in [2.05, 4.69) is 0 Å². The van der Waals surface area contributed by atoms with Crippen LogP contribution in [0.25, 0.3) is 28.7 Å². The summed E-state index contributed by atoms with van der Waals surface area (Å²) >= 11 is 20.2. The molecule has 2 saturated heterocycles. The van der Waals surface area contributed by atoms with Gasteiger partial charge in [-0.25, -0.2) is 0 Å². The van der Waals surface area contributed by atoms with Crippen molar-refractivity contribution in [2.45, 2.75) is 41.5 Å². The number of hydrogen-bond acceptors (Lipinski definition) is 9. The molecule has 4 aromatic rings. The molecule has 7 nitrogen and oxygen atoms in total. The van der Waals surface area contributed by atoms with Crippen molar-refractivity contribution in [2.75, 3.05) is 26.8 Å². The van der Waals surface area contributed by atoms with Gasteiger partial charge in [0, 0.05) is 36.4 Å². The van der Waals surface area contributed by atoms with Gasteiger partial charge in [0.05, 0.1) is 7.11 Å². The summed E-state index contributed by atoms with van der Waals surface area (Å²) in [6.07, 6.45) is 1.77. The lowest BCUT2D eigenvalue weighted by Gasteiger charge is -2.09. The number of rotatable bonds is 6. The first kappa shape index (κ1) is 39.3. The van der Waals surface area contributed by atoms with Crippen molar-refractivity contribution in [3.05, 3.63) is 96.4 Å². The van der Waals surface area contributed by atoms with E-state index in [-0.39, 0.29) is 0 Å². The van der Waals surface area contributed by atoms with Gasteiger partial charge >= 0.3 is 0 Å². The summed E-state index contributed by atoms with van der Waals surface area (Å²) in [7, 11) is 1.59. The molecule has 0 bridgehead atoms. The van der Waals surface area contributed by atoms with E-state index in [1.165, 1.54) is 0 Å². The smallest absolute Gasteiger partial charge is 0.284 e. The van der Waals surface area contributed by atoms with E-state index in [0.29, 0.717) is 46.0 Å². The van der Waals surface area contributed by atoms with E-state index in [0.717, 1.165) is 34.2 Å². The van der Waals surface area contributed by atoms with Gasteiger partial charge in [-0.15, -0.1) is 0 Å². The number of benzene rings is 2. The standard InChI is InChI=1S/C16H13NO2S2.C11H10O2.C5H7NOS2.2C2H6/c1-2-17-15(20)14(19-16(17)21)10-12-8-9-13(18-12)11-6-4-3-5-7-11;1-12-11-8-7-10(13-11)9-5-3-2-4-6-9;1-2-6-4(8)3-7-5(6)9;2*1-2/h3-10H,2H2,1H3;2-8H,1H3;2-3H2,1H3;2*1-2H3/b14-10-;;;;. The van der Waals surface area contributed by atoms with Crippen LogP contribution in [0.5, 0.6) is 5.95 Å². The van der Waals surface area contributed by atoms with Crippen LogP contribution in [0.15, 0.2) is 99.5 Å². The van der Waals surface area contributed by atoms with Gasteiger partial charge in [-0.2, -0.15) is 0 Å². The molecule has 0 radical (unpaired) electrons. The van der Waals surface area contributed by atoms with Gasteiger partial charge in [0.15, 0.2) is 10.7 Å². The Bertz CT molecular complexity index is 1580. The summed E-state index contributed by atoms with van der Waals surface area (Å²) in [6, 6.07) is 27.4. The van der Waals surface area contributed by atoms with E-state index < -0.39 is 0 Å². The lowest BCUT2D eigenvalue weighted by atomic mass is 10.2. The van der Waals surface area contributed by atoms with Crippen molar-refractivity contribution in [2.24, 2.45) is 0 Å². The highest BCUT2D eigenvalue weighted by molar-refractivity contribution is 7.82. The summed E-state index contributed by atoms with van der Waals surface area (Å²) in [5.74, 6) is 3.43. The van der Waals surface area contributed by atoms with Gasteiger partial charge in [0.2, 0.25) is 0 Å². The Morgan fingerprint density at radius 3 is 1.64 bits per heavy atom. The Labute approximate surface area is 300 Å². The molecule has 0 spiro atoms. The third-order valence-corrected chi connectivity index (χ3v) is 7.55. The number of hydrogen-bond donors (Lipinski definition) is 0. The Balaban J connectivity index is 0.000000252.